The van der Waals surface area contributed by atoms with Crippen LogP contribution in [0.2, 0.25) is 0 Å². The van der Waals surface area contributed by atoms with E-state index < -0.39 is 0 Å². The first-order chi connectivity index (χ1) is 7.88. The molecule has 16 heavy (non-hydrogen) atoms. The zero-order chi connectivity index (χ0) is 11.2. The van der Waals surface area contributed by atoms with Gasteiger partial charge in [-0.1, -0.05) is 6.07 Å². The molecule has 0 saturated carbocycles. The molecular formula is C12H10N4. The van der Waals surface area contributed by atoms with Crippen LogP contribution < -0.4 is 5.32 Å². The third-order valence-electron chi connectivity index (χ3n) is 2.09. The smallest absolute Gasteiger partial charge is 0.126 e. The van der Waals surface area contributed by atoms with Crippen molar-refractivity contribution in [2.45, 2.75) is 6.54 Å². The molecule has 0 fully saturated rings. The largest absolute Gasteiger partial charge is 0.366 e. The maximum atomic E-state index is 8.62. The second-order valence-corrected chi connectivity index (χ2v) is 3.26. The fourth-order valence-electron chi connectivity index (χ4n) is 1.26. The Morgan fingerprint density at radius 1 is 1.25 bits per heavy atom. The van der Waals surface area contributed by atoms with Gasteiger partial charge < -0.3 is 5.32 Å². The van der Waals surface area contributed by atoms with Gasteiger partial charge in [-0.25, -0.2) is 4.98 Å². The number of nitrogens with one attached hydrogen (secondary N) is 1. The molecule has 2 aromatic heterocycles. The highest BCUT2D eigenvalue weighted by Gasteiger charge is 1.95. The van der Waals surface area contributed by atoms with Crippen LogP contribution in [0.25, 0.3) is 0 Å². The minimum absolute atomic E-state index is 0.562. The Morgan fingerprint density at radius 2 is 2.19 bits per heavy atom. The Bertz CT molecular complexity index is 485. The van der Waals surface area contributed by atoms with Crippen molar-refractivity contribution >= 4 is 5.82 Å². The van der Waals surface area contributed by atoms with Gasteiger partial charge in [-0.3, -0.25) is 4.98 Å². The van der Waals surface area contributed by atoms with E-state index in [1.165, 1.54) is 0 Å². The van der Waals surface area contributed by atoms with Crippen LogP contribution in [0.5, 0.6) is 0 Å². The van der Waals surface area contributed by atoms with E-state index in [1.54, 1.807) is 30.7 Å². The lowest BCUT2D eigenvalue weighted by molar-refractivity contribution is 1.08. The fourth-order valence-corrected chi connectivity index (χ4v) is 1.26. The number of aromatic nitrogens is 2. The highest BCUT2D eigenvalue weighted by molar-refractivity contribution is 5.39. The van der Waals surface area contributed by atoms with Crippen LogP contribution in [-0.2, 0) is 6.54 Å². The van der Waals surface area contributed by atoms with Crippen molar-refractivity contribution in [3.63, 3.8) is 0 Å². The molecule has 0 radical (unpaired) electrons. The first-order valence-corrected chi connectivity index (χ1v) is 4.87. The Morgan fingerprint density at radius 3 is 2.81 bits per heavy atom. The van der Waals surface area contributed by atoms with E-state index in [9.17, 15) is 0 Å². The molecule has 0 aliphatic carbocycles. The van der Waals surface area contributed by atoms with E-state index >= 15 is 0 Å². The highest BCUT2D eigenvalue weighted by atomic mass is 15.0. The van der Waals surface area contributed by atoms with Crippen molar-refractivity contribution in [3.8, 4) is 6.07 Å². The Hall–Kier alpha value is -2.41. The molecule has 2 rings (SSSR count). The molecular weight excluding hydrogens is 200 g/mol. The minimum atomic E-state index is 0.562. The number of nitrogens with zero attached hydrogens (tertiary/aromatic N) is 3. The molecule has 0 spiro atoms. The molecule has 2 heterocycles. The molecule has 0 aliphatic heterocycles. The summed E-state index contributed by atoms with van der Waals surface area (Å²) in [7, 11) is 0. The standard InChI is InChI=1S/C12H10N4/c13-6-10-3-4-12(15-8-10)16-9-11-2-1-5-14-7-11/h1-5,7-8H,9H2,(H,15,16). The molecule has 2 aromatic rings. The number of pyridine rings is 2. The molecule has 0 unspecified atom stereocenters. The van der Waals surface area contributed by atoms with Crippen molar-refractivity contribution in [2.24, 2.45) is 0 Å². The first kappa shape index (κ1) is 10.1. The number of rotatable bonds is 3. The third-order valence-corrected chi connectivity index (χ3v) is 2.09. The van der Waals surface area contributed by atoms with E-state index in [0.29, 0.717) is 12.1 Å². The average Bonchev–Trinajstić information content (AvgIpc) is 2.38. The van der Waals surface area contributed by atoms with E-state index in [0.717, 1.165) is 11.4 Å². The molecule has 0 amide bonds. The zero-order valence-corrected chi connectivity index (χ0v) is 8.59. The van der Waals surface area contributed by atoms with Crippen LogP contribution in [0.1, 0.15) is 11.1 Å². The van der Waals surface area contributed by atoms with Crippen LogP contribution in [0.4, 0.5) is 5.82 Å². The molecule has 78 valence electrons. The fraction of sp³-hybridized carbons (Fsp3) is 0.0833. The molecule has 0 saturated heterocycles. The van der Waals surface area contributed by atoms with Gasteiger partial charge in [0, 0.05) is 25.1 Å². The van der Waals surface area contributed by atoms with Crippen molar-refractivity contribution in [1.29, 1.82) is 5.26 Å². The van der Waals surface area contributed by atoms with Crippen LogP contribution >= 0.6 is 0 Å². The van der Waals surface area contributed by atoms with Crippen molar-refractivity contribution in [2.75, 3.05) is 5.32 Å². The van der Waals surface area contributed by atoms with Gasteiger partial charge in [0.05, 0.1) is 5.56 Å². The monoisotopic (exact) mass is 210 g/mol. The lowest BCUT2D eigenvalue weighted by Crippen LogP contribution is -2.01. The summed E-state index contributed by atoms with van der Waals surface area (Å²) in [6, 6.07) is 9.43. The average molecular weight is 210 g/mol. The van der Waals surface area contributed by atoms with Crippen molar-refractivity contribution < 1.29 is 0 Å². The number of nitriles is 1. The predicted octanol–water partition coefficient (Wildman–Crippen LogP) is 1.96. The van der Waals surface area contributed by atoms with Crippen LogP contribution in [-0.4, -0.2) is 9.97 Å². The lowest BCUT2D eigenvalue weighted by Gasteiger charge is -2.04. The molecule has 4 heteroatoms. The quantitative estimate of drug-likeness (QED) is 0.841. The normalized spacial score (nSPS) is 9.44. The minimum Gasteiger partial charge on any atom is -0.366 e. The zero-order valence-electron chi connectivity index (χ0n) is 8.59. The third kappa shape index (κ3) is 2.55. The van der Waals surface area contributed by atoms with Crippen LogP contribution in [0.3, 0.4) is 0 Å². The summed E-state index contributed by atoms with van der Waals surface area (Å²) >= 11 is 0. The summed E-state index contributed by atoms with van der Waals surface area (Å²) in [5.41, 5.74) is 1.65. The SMILES string of the molecule is N#Cc1ccc(NCc2cccnc2)nc1. The molecule has 0 atom stereocenters. The first-order valence-electron chi connectivity index (χ1n) is 4.87. The van der Waals surface area contributed by atoms with Crippen LogP contribution in [0, 0.1) is 11.3 Å². The van der Waals surface area contributed by atoms with E-state index in [2.05, 4.69) is 15.3 Å². The van der Waals surface area contributed by atoms with Gasteiger partial charge in [0.15, 0.2) is 0 Å². The van der Waals surface area contributed by atoms with Gasteiger partial charge in [0.2, 0.25) is 0 Å². The molecule has 4 nitrogen and oxygen atoms in total. The highest BCUT2D eigenvalue weighted by Crippen LogP contribution is 2.06. The summed E-state index contributed by atoms with van der Waals surface area (Å²) in [6.07, 6.45) is 5.09. The van der Waals surface area contributed by atoms with Gasteiger partial charge in [-0.15, -0.1) is 0 Å². The topological polar surface area (TPSA) is 61.6 Å². The summed E-state index contributed by atoms with van der Waals surface area (Å²) in [4.78, 5) is 8.13. The molecule has 0 aliphatic rings. The van der Waals surface area contributed by atoms with Gasteiger partial charge in [0.25, 0.3) is 0 Å². The lowest BCUT2D eigenvalue weighted by atomic mass is 10.3. The number of hydrogen-bond acceptors (Lipinski definition) is 4. The number of hydrogen-bond donors (Lipinski definition) is 1. The van der Waals surface area contributed by atoms with Crippen molar-refractivity contribution in [1.82, 2.24) is 9.97 Å². The van der Waals surface area contributed by atoms with Gasteiger partial charge in [-0.05, 0) is 23.8 Å². The molecule has 1 N–H and O–H groups in total. The van der Waals surface area contributed by atoms with E-state index in [-0.39, 0.29) is 0 Å². The molecule has 0 aromatic carbocycles. The summed E-state index contributed by atoms with van der Waals surface area (Å²) in [6.45, 7) is 0.673. The van der Waals surface area contributed by atoms with Crippen molar-refractivity contribution in [3.05, 3.63) is 54.0 Å². The summed E-state index contributed by atoms with van der Waals surface area (Å²) < 4.78 is 0. The Kier molecular flexibility index (Phi) is 3.10. The molecule has 0 bridgehead atoms. The Labute approximate surface area is 93.6 Å². The predicted molar refractivity (Wildman–Crippen MR) is 60.5 cm³/mol. The summed E-state index contributed by atoms with van der Waals surface area (Å²) in [5.74, 6) is 0.753. The van der Waals surface area contributed by atoms with Gasteiger partial charge >= 0.3 is 0 Å². The van der Waals surface area contributed by atoms with Crippen LogP contribution in [0.15, 0.2) is 42.9 Å². The second kappa shape index (κ2) is 4.89. The number of anilines is 1. The van der Waals surface area contributed by atoms with Gasteiger partial charge in [-0.2, -0.15) is 5.26 Å². The second-order valence-electron chi connectivity index (χ2n) is 3.26. The van der Waals surface area contributed by atoms with E-state index in [1.807, 2.05) is 18.2 Å². The van der Waals surface area contributed by atoms with E-state index in [4.69, 9.17) is 5.26 Å². The summed E-state index contributed by atoms with van der Waals surface area (Å²) in [5, 5.41) is 11.8. The maximum absolute atomic E-state index is 8.62. The Balaban J connectivity index is 1.98. The maximum Gasteiger partial charge on any atom is 0.126 e. The van der Waals surface area contributed by atoms with Gasteiger partial charge in [0.1, 0.15) is 11.9 Å².